The van der Waals surface area contributed by atoms with Crippen molar-refractivity contribution in [3.63, 3.8) is 0 Å². The normalized spacial score (nSPS) is 18.1. The Morgan fingerprint density at radius 3 is 2.55 bits per heavy atom. The third-order valence-corrected chi connectivity index (χ3v) is 9.07. The number of nitrogens with two attached hydrogens (primary N) is 1. The Bertz CT molecular complexity index is 1830. The Balaban J connectivity index is 0.00000107. The molecule has 1 atom stereocenters. The zero-order valence-electron chi connectivity index (χ0n) is 29.9. The minimum atomic E-state index is -0.457. The molecule has 51 heavy (non-hydrogen) atoms. The molecule has 12 nitrogen and oxygen atoms in total. The smallest absolute Gasteiger partial charge is 0.215 e. The second-order valence-electron chi connectivity index (χ2n) is 15.0. The molecule has 0 amide bonds. The number of nitriles is 1. The van der Waals surface area contributed by atoms with Gasteiger partial charge < -0.3 is 29.8 Å². The largest absolute Gasteiger partial charge is 0.473 e. The topological polar surface area (TPSA) is 147 Å². The van der Waals surface area contributed by atoms with Crippen molar-refractivity contribution in [1.82, 2.24) is 24.9 Å². The molecular weight excluding hydrogens is 651 g/mol. The van der Waals surface area contributed by atoms with Gasteiger partial charge in [-0.15, -0.1) is 0 Å². The van der Waals surface area contributed by atoms with E-state index in [-0.39, 0.29) is 35.3 Å². The lowest BCUT2D eigenvalue weighted by molar-refractivity contribution is -0.0604. The van der Waals surface area contributed by atoms with Crippen LogP contribution in [0.2, 0.25) is 0 Å². The van der Waals surface area contributed by atoms with Gasteiger partial charge >= 0.3 is 0 Å². The average Bonchev–Trinajstić information content (AvgIpc) is 3.36. The molecule has 3 aliphatic heterocycles. The minimum absolute atomic E-state index is 0.0458. The van der Waals surface area contributed by atoms with Gasteiger partial charge in [0.05, 0.1) is 48.5 Å². The number of likely N-dealkylation sites (tertiary alicyclic amines) is 1. The fourth-order valence-electron chi connectivity index (χ4n) is 6.52. The van der Waals surface area contributed by atoms with E-state index in [4.69, 9.17) is 35.4 Å². The van der Waals surface area contributed by atoms with Gasteiger partial charge in [-0.1, -0.05) is 18.2 Å². The third kappa shape index (κ3) is 9.39. The van der Waals surface area contributed by atoms with Crippen LogP contribution >= 0.6 is 0 Å². The standard InChI is InChI=1S/C35H41FN8O3.C3H8O/c1-34(2,38)19-39-47-17-25-7-9-29-30(13-25)44(15-27-10-11-45-27)32(40-29)16-42-20-35(21-42)22-43(23-35)31-4-3-5-33(41-31)46-18-26-8-6-24(14-37)12-28(26)36;1-3(2)4/h3-9,12-13,27,39H,10-11,15-23,38H2,1-2H3;3-4H,1-2H3. The lowest BCUT2D eigenvalue weighted by Crippen LogP contribution is -2.72. The molecule has 13 heteroatoms. The predicted octanol–water partition coefficient (Wildman–Crippen LogP) is 4.28. The van der Waals surface area contributed by atoms with E-state index < -0.39 is 5.82 Å². The molecule has 7 rings (SSSR count). The summed E-state index contributed by atoms with van der Waals surface area (Å²) in [5.74, 6) is 1.91. The molecule has 272 valence electrons. The molecule has 1 unspecified atom stereocenters. The second kappa shape index (κ2) is 15.6. The van der Waals surface area contributed by atoms with Crippen molar-refractivity contribution in [2.24, 2.45) is 11.1 Å². The molecule has 1 spiro atoms. The number of halogens is 1. The fourth-order valence-corrected chi connectivity index (χ4v) is 6.52. The van der Waals surface area contributed by atoms with E-state index >= 15 is 0 Å². The van der Waals surface area contributed by atoms with Crippen LogP contribution in [0.5, 0.6) is 5.88 Å². The van der Waals surface area contributed by atoms with Gasteiger partial charge in [0.2, 0.25) is 5.88 Å². The quantitative estimate of drug-likeness (QED) is 0.136. The zero-order valence-corrected chi connectivity index (χ0v) is 29.9. The molecule has 0 radical (unpaired) electrons. The first-order valence-corrected chi connectivity index (χ1v) is 17.6. The lowest BCUT2D eigenvalue weighted by Gasteiger charge is -2.60. The molecule has 4 N–H and O–H groups in total. The maximum Gasteiger partial charge on any atom is 0.215 e. The minimum Gasteiger partial charge on any atom is -0.473 e. The molecule has 2 aromatic carbocycles. The maximum atomic E-state index is 14.3. The number of anilines is 1. The zero-order chi connectivity index (χ0) is 36.2. The SMILES string of the molecule is CC(C)(N)CNOCc1ccc2nc(CN3CC4(C3)CN(c3cccc(OCc5ccc(C#N)cc5F)n3)C4)n(CC3CCO3)c2c1.CC(C)O. The number of imidazole rings is 1. The summed E-state index contributed by atoms with van der Waals surface area (Å²) < 4.78 is 28.2. The highest BCUT2D eigenvalue weighted by Gasteiger charge is 2.52. The number of aliphatic hydroxyl groups is 1. The second-order valence-corrected chi connectivity index (χ2v) is 15.0. The van der Waals surface area contributed by atoms with Crippen molar-refractivity contribution < 1.29 is 23.8 Å². The Kier molecular flexibility index (Phi) is 11.2. The molecule has 3 saturated heterocycles. The van der Waals surface area contributed by atoms with Crippen LogP contribution in [0.15, 0.2) is 54.6 Å². The molecule has 3 aliphatic rings. The van der Waals surface area contributed by atoms with E-state index in [0.717, 1.165) is 80.5 Å². The monoisotopic (exact) mass is 700 g/mol. The summed E-state index contributed by atoms with van der Waals surface area (Å²) in [7, 11) is 0. The lowest BCUT2D eigenvalue weighted by atomic mass is 9.73. The Labute approximate surface area is 298 Å². The summed E-state index contributed by atoms with van der Waals surface area (Å²) >= 11 is 0. The van der Waals surface area contributed by atoms with Crippen LogP contribution in [0, 0.1) is 22.6 Å². The number of nitrogens with zero attached hydrogens (tertiary/aromatic N) is 6. The number of hydrogen-bond acceptors (Lipinski definition) is 11. The van der Waals surface area contributed by atoms with Gasteiger partial charge in [0.15, 0.2) is 0 Å². The van der Waals surface area contributed by atoms with E-state index in [0.29, 0.717) is 24.6 Å². The summed E-state index contributed by atoms with van der Waals surface area (Å²) in [6.45, 7) is 14.7. The number of ether oxygens (including phenoxy) is 2. The van der Waals surface area contributed by atoms with E-state index in [2.05, 4.69) is 43.0 Å². The number of aromatic nitrogens is 3. The highest BCUT2D eigenvalue weighted by atomic mass is 19.1. The number of hydroxylamine groups is 1. The van der Waals surface area contributed by atoms with Gasteiger partial charge in [-0.25, -0.2) is 14.9 Å². The van der Waals surface area contributed by atoms with Crippen molar-refractivity contribution in [2.45, 2.75) is 78.2 Å². The number of fused-ring (bicyclic) bond motifs is 1. The van der Waals surface area contributed by atoms with Crippen molar-refractivity contribution >= 4 is 16.9 Å². The van der Waals surface area contributed by atoms with Crippen molar-refractivity contribution in [2.75, 3.05) is 44.2 Å². The molecule has 5 heterocycles. The third-order valence-electron chi connectivity index (χ3n) is 9.07. The molecule has 0 bridgehead atoms. The number of aliphatic hydroxyl groups excluding tert-OH is 1. The Morgan fingerprint density at radius 1 is 1.12 bits per heavy atom. The van der Waals surface area contributed by atoms with Gasteiger partial charge in [0.25, 0.3) is 0 Å². The first kappa shape index (κ1) is 36.6. The van der Waals surface area contributed by atoms with Crippen molar-refractivity contribution in [3.05, 3.63) is 82.9 Å². The van der Waals surface area contributed by atoms with E-state index in [1.165, 1.54) is 6.07 Å². The average molecular weight is 701 g/mol. The van der Waals surface area contributed by atoms with Crippen LogP contribution in [-0.4, -0.2) is 81.6 Å². The van der Waals surface area contributed by atoms with Crippen molar-refractivity contribution in [1.29, 1.82) is 5.26 Å². The molecule has 0 aliphatic carbocycles. The number of rotatable bonds is 13. The number of benzene rings is 2. The molecule has 0 saturated carbocycles. The molecular formula is C38H49FN8O4. The maximum absolute atomic E-state index is 14.3. The van der Waals surface area contributed by atoms with Crippen LogP contribution in [0.1, 0.15) is 56.6 Å². The van der Waals surface area contributed by atoms with Gasteiger partial charge in [0.1, 0.15) is 24.1 Å². The summed E-state index contributed by atoms with van der Waals surface area (Å²) in [4.78, 5) is 20.2. The molecule has 4 aromatic rings. The van der Waals surface area contributed by atoms with Crippen LogP contribution in [-0.2, 0) is 35.9 Å². The Hall–Kier alpha value is -4.16. The summed E-state index contributed by atoms with van der Waals surface area (Å²) in [6.07, 6.45) is 1.12. The summed E-state index contributed by atoms with van der Waals surface area (Å²) in [6, 6.07) is 18.3. The van der Waals surface area contributed by atoms with Crippen molar-refractivity contribution in [3.8, 4) is 11.9 Å². The highest BCUT2D eigenvalue weighted by Crippen LogP contribution is 2.42. The van der Waals surface area contributed by atoms with Gasteiger partial charge in [0, 0.05) is 68.0 Å². The van der Waals surface area contributed by atoms with Crippen LogP contribution in [0.4, 0.5) is 10.2 Å². The van der Waals surface area contributed by atoms with Crippen LogP contribution in [0.25, 0.3) is 11.0 Å². The van der Waals surface area contributed by atoms with E-state index in [1.807, 2.05) is 32.0 Å². The first-order chi connectivity index (χ1) is 24.4. The number of nitrogens with one attached hydrogen (secondary N) is 1. The molecule has 2 aromatic heterocycles. The fraction of sp³-hybridized carbons (Fsp3) is 0.500. The van der Waals surface area contributed by atoms with Gasteiger partial charge in [-0.2, -0.15) is 10.2 Å². The van der Waals surface area contributed by atoms with Crippen LogP contribution in [0.3, 0.4) is 0 Å². The van der Waals surface area contributed by atoms with E-state index in [9.17, 15) is 4.39 Å². The predicted molar refractivity (Wildman–Crippen MR) is 192 cm³/mol. The van der Waals surface area contributed by atoms with E-state index in [1.54, 1.807) is 32.0 Å². The Morgan fingerprint density at radius 2 is 1.88 bits per heavy atom. The number of pyridine rings is 1. The first-order valence-electron chi connectivity index (χ1n) is 17.6. The summed E-state index contributed by atoms with van der Waals surface area (Å²) in [5.41, 5.74) is 12.8. The van der Waals surface area contributed by atoms with Gasteiger partial charge in [-0.3, -0.25) is 9.74 Å². The molecule has 3 fully saturated rings. The van der Waals surface area contributed by atoms with Gasteiger partial charge in [-0.05, 0) is 70.0 Å². The van der Waals surface area contributed by atoms with Crippen LogP contribution < -0.4 is 20.9 Å². The highest BCUT2D eigenvalue weighted by molar-refractivity contribution is 5.77. The summed E-state index contributed by atoms with van der Waals surface area (Å²) in [5, 5.41) is 17.0. The number of hydrogen-bond donors (Lipinski definition) is 3.